The van der Waals surface area contributed by atoms with Gasteiger partial charge in [0.2, 0.25) is 0 Å². The van der Waals surface area contributed by atoms with Gasteiger partial charge in [-0.2, -0.15) is 61.9 Å². The van der Waals surface area contributed by atoms with Gasteiger partial charge in [0.05, 0.1) is 0 Å². The summed E-state index contributed by atoms with van der Waals surface area (Å²) in [5.74, 6) is 0. The van der Waals surface area contributed by atoms with Crippen molar-refractivity contribution in [1.82, 2.24) is 9.80 Å². The quantitative estimate of drug-likeness (QED) is 0.525. The maximum atomic E-state index is 3.35. The summed E-state index contributed by atoms with van der Waals surface area (Å²) in [6.45, 7) is 6.12. The van der Waals surface area contributed by atoms with Gasteiger partial charge in [-0.15, -0.1) is 23.3 Å². The van der Waals surface area contributed by atoms with Crippen LogP contribution in [0.1, 0.15) is 11.1 Å². The number of nitrogens with zero attached hydrogens (tertiary/aromatic N) is 4. The molecule has 0 unspecified atom stereocenters. The number of para-hydroxylation sites is 2. The van der Waals surface area contributed by atoms with Gasteiger partial charge in [0.1, 0.15) is 0 Å². The smallest absolute Gasteiger partial charge is 0.506 e. The summed E-state index contributed by atoms with van der Waals surface area (Å²) < 4.78 is 0. The van der Waals surface area contributed by atoms with Crippen molar-refractivity contribution < 1.29 is 21.1 Å². The fourth-order valence-electron chi connectivity index (χ4n) is 3.98. The van der Waals surface area contributed by atoms with E-state index in [4.69, 9.17) is 0 Å². The van der Waals surface area contributed by atoms with Gasteiger partial charge < -0.3 is 19.6 Å². The molecule has 0 amide bonds. The predicted octanol–water partition coefficient (Wildman–Crippen LogP) is 4.20. The van der Waals surface area contributed by atoms with Crippen molar-refractivity contribution in [2.75, 3.05) is 22.9 Å². The van der Waals surface area contributed by atoms with Crippen LogP contribution in [0.5, 0.6) is 0 Å². The zero-order valence-electron chi connectivity index (χ0n) is 15.6. The number of hydrogen-bond donors (Lipinski definition) is 0. The van der Waals surface area contributed by atoms with Gasteiger partial charge in [-0.1, -0.05) is 23.5 Å². The maximum Gasteiger partial charge on any atom is 4.00 e. The molecule has 4 nitrogen and oxygen atoms in total. The summed E-state index contributed by atoms with van der Waals surface area (Å²) in [5.41, 5.74) is 7.00. The normalized spacial score (nSPS) is 17.9. The molecule has 0 radical (unpaired) electrons. The monoisotopic (exact) mass is 557 g/mol. The molecule has 2 aromatic carbocycles. The van der Waals surface area contributed by atoms with Gasteiger partial charge >= 0.3 is 21.1 Å². The van der Waals surface area contributed by atoms with E-state index in [9.17, 15) is 0 Å². The number of anilines is 2. The van der Waals surface area contributed by atoms with Crippen LogP contribution in [0, 0.1) is 25.5 Å². The van der Waals surface area contributed by atoms with Crippen LogP contribution in [0.15, 0.2) is 72.3 Å². The topological polar surface area (TPSA) is 13.0 Å². The van der Waals surface area contributed by atoms with Crippen molar-refractivity contribution in [3.05, 3.63) is 109 Å². The molecular formula is C24H18N4Pt. The summed E-state index contributed by atoms with van der Waals surface area (Å²) in [4.78, 5) is 8.90. The molecule has 0 spiro atoms. The molecule has 144 valence electrons. The van der Waals surface area contributed by atoms with Crippen molar-refractivity contribution in [3.63, 3.8) is 0 Å². The Labute approximate surface area is 186 Å². The summed E-state index contributed by atoms with van der Waals surface area (Å²) >= 11 is 0. The molecule has 6 rings (SSSR count). The van der Waals surface area contributed by atoms with E-state index in [1.165, 1.54) is 22.5 Å². The first-order valence-electron chi connectivity index (χ1n) is 9.46. The zero-order chi connectivity index (χ0) is 18.5. The van der Waals surface area contributed by atoms with Crippen LogP contribution in [0.3, 0.4) is 0 Å². The molecule has 0 fully saturated rings. The summed E-state index contributed by atoms with van der Waals surface area (Å²) in [6, 6.07) is 19.0. The van der Waals surface area contributed by atoms with Gasteiger partial charge in [0.15, 0.2) is 0 Å². The largest absolute Gasteiger partial charge is 4.00 e. The third kappa shape index (κ3) is 3.12. The second-order valence-electron chi connectivity index (χ2n) is 7.17. The van der Waals surface area contributed by atoms with E-state index in [0.29, 0.717) is 0 Å². The van der Waals surface area contributed by atoms with Crippen molar-refractivity contribution in [1.29, 1.82) is 0 Å². The maximum absolute atomic E-state index is 3.35. The van der Waals surface area contributed by atoms with Crippen LogP contribution in [0.25, 0.3) is 12.2 Å². The Morgan fingerprint density at radius 3 is 1.66 bits per heavy atom. The molecule has 0 aromatic heterocycles. The molecule has 2 aromatic rings. The summed E-state index contributed by atoms with van der Waals surface area (Å²) in [7, 11) is 0. The van der Waals surface area contributed by atoms with Crippen molar-refractivity contribution in [2.45, 2.75) is 0 Å². The first-order valence-corrected chi connectivity index (χ1v) is 9.46. The Bertz CT molecular complexity index is 983. The Kier molecular flexibility index (Phi) is 4.60. The Morgan fingerprint density at radius 1 is 0.690 bits per heavy atom. The molecule has 0 atom stereocenters. The van der Waals surface area contributed by atoms with Crippen LogP contribution >= 0.6 is 0 Å². The van der Waals surface area contributed by atoms with E-state index in [2.05, 4.69) is 93.9 Å². The minimum atomic E-state index is 0. The molecule has 0 aliphatic carbocycles. The number of allylic oxidation sites excluding steroid dienone is 2. The van der Waals surface area contributed by atoms with E-state index < -0.39 is 0 Å². The van der Waals surface area contributed by atoms with Gasteiger partial charge in [-0.25, -0.2) is 0 Å². The number of rotatable bonds is 3. The van der Waals surface area contributed by atoms with E-state index in [1.54, 1.807) is 0 Å². The van der Waals surface area contributed by atoms with Crippen molar-refractivity contribution in [3.8, 4) is 0 Å². The van der Waals surface area contributed by atoms with Crippen molar-refractivity contribution >= 4 is 23.5 Å². The molecule has 4 heterocycles. The van der Waals surface area contributed by atoms with E-state index in [1.807, 2.05) is 24.3 Å². The van der Waals surface area contributed by atoms with Crippen LogP contribution in [-0.2, 0) is 21.1 Å². The van der Waals surface area contributed by atoms with Crippen LogP contribution in [0.4, 0.5) is 11.4 Å². The first-order chi connectivity index (χ1) is 13.8. The number of benzene rings is 2. The second-order valence-corrected chi connectivity index (χ2v) is 7.17. The molecule has 29 heavy (non-hydrogen) atoms. The van der Waals surface area contributed by atoms with Crippen molar-refractivity contribution in [2.24, 2.45) is 0 Å². The summed E-state index contributed by atoms with van der Waals surface area (Å²) in [6.07, 6.45) is 13.0. The Morgan fingerprint density at radius 2 is 1.17 bits per heavy atom. The van der Waals surface area contributed by atoms with Crippen LogP contribution in [0.2, 0.25) is 0 Å². The third-order valence-corrected chi connectivity index (χ3v) is 5.38. The average Bonchev–Trinajstić information content (AvgIpc) is 3.36. The number of fused-ring (bicyclic) bond motifs is 6. The van der Waals surface area contributed by atoms with Gasteiger partial charge in [0, 0.05) is 24.5 Å². The molecule has 0 bridgehead atoms. The SMILES string of the molecule is [Pt+4].[c-]1cccc2c1N1[CH-]N(CCN3C=C4C=Cc5ccc[c-]c5N4[CH-]3)C=C1C=C2. The van der Waals surface area contributed by atoms with Crippen LogP contribution < -0.4 is 9.80 Å². The van der Waals surface area contributed by atoms with Gasteiger partial charge in [-0.3, -0.25) is 0 Å². The Hall–Kier alpha value is -2.71. The fraction of sp³-hybridized carbons (Fsp3) is 0.0833. The first kappa shape index (κ1) is 18.3. The minimum absolute atomic E-state index is 0. The predicted molar refractivity (Wildman–Crippen MR) is 112 cm³/mol. The van der Waals surface area contributed by atoms with Crippen LogP contribution in [-0.4, -0.2) is 22.9 Å². The standard InChI is InChI=1S/C24H18N4.Pt/c1-3-7-23-19(5-1)9-11-21-15-25(17-27(21)23)13-14-26-16-22-12-10-20-6-2-4-8-24(20)28(22)18-26;/h1-6,9-12,15-18H,13-14H2;/q-4;+4. The average molecular weight is 558 g/mol. The molecule has 0 saturated heterocycles. The Balaban J connectivity index is 0.00000181. The third-order valence-electron chi connectivity index (χ3n) is 5.38. The minimum Gasteiger partial charge on any atom is -0.506 e. The molecule has 5 heteroatoms. The second kappa shape index (κ2) is 7.27. The molecule has 4 aliphatic rings. The van der Waals surface area contributed by atoms with Gasteiger partial charge in [0.25, 0.3) is 0 Å². The zero-order valence-corrected chi connectivity index (χ0v) is 17.9. The fourth-order valence-corrected chi connectivity index (χ4v) is 3.98. The summed E-state index contributed by atoms with van der Waals surface area (Å²) in [5, 5.41) is 0. The van der Waals surface area contributed by atoms with Gasteiger partial charge in [-0.05, 0) is 12.4 Å². The molecule has 0 saturated carbocycles. The molecular weight excluding hydrogens is 539 g/mol. The van der Waals surface area contributed by atoms with E-state index in [-0.39, 0.29) is 21.1 Å². The van der Waals surface area contributed by atoms with E-state index >= 15 is 0 Å². The number of hydrogen-bond acceptors (Lipinski definition) is 4. The molecule has 4 aliphatic heterocycles. The molecule has 0 N–H and O–H groups in total. The van der Waals surface area contributed by atoms with E-state index in [0.717, 1.165) is 24.5 Å².